The number of aromatic amines is 1. The summed E-state index contributed by atoms with van der Waals surface area (Å²) in [6.45, 7) is 0. The maximum absolute atomic E-state index is 11.9. The van der Waals surface area contributed by atoms with Crippen molar-refractivity contribution in [2.45, 2.75) is 9.79 Å². The van der Waals surface area contributed by atoms with E-state index >= 15 is 0 Å². The average Bonchev–Trinajstić information content (AvgIpc) is 3.43. The van der Waals surface area contributed by atoms with E-state index in [9.17, 15) is 4.79 Å². The van der Waals surface area contributed by atoms with Gasteiger partial charge in [-0.05, 0) is 30.4 Å². The molecule has 1 aromatic heterocycles. The number of H-pyrrole nitrogens is 1. The van der Waals surface area contributed by atoms with Crippen molar-refractivity contribution >= 4 is 35.4 Å². The van der Waals surface area contributed by atoms with Crippen molar-refractivity contribution in [1.29, 1.82) is 0 Å². The smallest absolute Gasteiger partial charge is 0.319 e. The zero-order valence-electron chi connectivity index (χ0n) is 14.6. The van der Waals surface area contributed by atoms with Gasteiger partial charge in [-0.3, -0.25) is 9.98 Å². The maximum atomic E-state index is 11.9. The third-order valence-corrected chi connectivity index (χ3v) is 5.17. The fraction of sp³-hybridized carbons (Fsp3) is 0.0500. The van der Waals surface area contributed by atoms with Crippen LogP contribution >= 0.6 is 11.8 Å². The number of hydrogen-bond donors (Lipinski definition) is 3. The summed E-state index contributed by atoms with van der Waals surface area (Å²) < 4.78 is 0. The van der Waals surface area contributed by atoms with Crippen molar-refractivity contribution in [2.75, 3.05) is 12.4 Å². The molecule has 2 aliphatic heterocycles. The van der Waals surface area contributed by atoms with Crippen LogP contribution < -0.4 is 10.6 Å². The number of nitrogens with one attached hydrogen (secondary N) is 3. The third kappa shape index (κ3) is 3.50. The molecule has 0 radical (unpaired) electrons. The SMILES string of the molecule is CNC(=O)Nc1c[nH]c(C2=NC=CC2=C2C=CC=N2)c1Sc1ccccc1. The summed E-state index contributed by atoms with van der Waals surface area (Å²) >= 11 is 1.57. The van der Waals surface area contributed by atoms with E-state index in [2.05, 4.69) is 25.6 Å². The predicted octanol–water partition coefficient (Wildman–Crippen LogP) is 4.13. The Bertz CT molecular complexity index is 1010. The third-order valence-electron chi connectivity index (χ3n) is 4.04. The number of allylic oxidation sites excluding steroid dienone is 4. The van der Waals surface area contributed by atoms with Crippen molar-refractivity contribution < 1.29 is 4.79 Å². The van der Waals surface area contributed by atoms with E-state index < -0.39 is 0 Å². The minimum atomic E-state index is -0.274. The lowest BCUT2D eigenvalue weighted by Crippen LogP contribution is -2.24. The van der Waals surface area contributed by atoms with Gasteiger partial charge in [0.1, 0.15) is 0 Å². The van der Waals surface area contributed by atoms with E-state index in [1.54, 1.807) is 37.4 Å². The number of benzene rings is 1. The van der Waals surface area contributed by atoms with Crippen LogP contribution in [0, 0.1) is 0 Å². The van der Waals surface area contributed by atoms with E-state index in [4.69, 9.17) is 0 Å². The molecule has 0 aliphatic carbocycles. The van der Waals surface area contributed by atoms with Gasteiger partial charge in [0, 0.05) is 36.1 Å². The molecule has 6 nitrogen and oxygen atoms in total. The van der Waals surface area contributed by atoms with Crippen molar-refractivity contribution in [3.8, 4) is 0 Å². The van der Waals surface area contributed by atoms with Crippen LogP contribution in [-0.2, 0) is 0 Å². The van der Waals surface area contributed by atoms with Gasteiger partial charge in [-0.1, -0.05) is 30.0 Å². The fourth-order valence-corrected chi connectivity index (χ4v) is 3.78. The molecule has 0 fully saturated rings. The average molecular weight is 375 g/mol. The van der Waals surface area contributed by atoms with Gasteiger partial charge in [0.05, 0.1) is 27.7 Å². The number of hydrogen-bond acceptors (Lipinski definition) is 4. The summed E-state index contributed by atoms with van der Waals surface area (Å²) in [6.07, 6.45) is 11.1. The summed E-state index contributed by atoms with van der Waals surface area (Å²) in [5.41, 5.74) is 4.16. The molecule has 3 N–H and O–H groups in total. The Labute approximate surface area is 160 Å². The van der Waals surface area contributed by atoms with Gasteiger partial charge >= 0.3 is 6.03 Å². The summed E-state index contributed by atoms with van der Waals surface area (Å²) in [5, 5.41) is 5.46. The zero-order chi connectivity index (χ0) is 18.6. The van der Waals surface area contributed by atoms with Crippen LogP contribution in [0.1, 0.15) is 5.69 Å². The largest absolute Gasteiger partial charge is 0.357 e. The number of carbonyl (C=O) groups is 1. The molecular weight excluding hydrogens is 358 g/mol. The van der Waals surface area contributed by atoms with E-state index in [1.807, 2.05) is 48.6 Å². The van der Waals surface area contributed by atoms with E-state index in [0.717, 1.165) is 32.5 Å². The first-order valence-corrected chi connectivity index (χ1v) is 9.21. The van der Waals surface area contributed by atoms with E-state index in [0.29, 0.717) is 5.69 Å². The van der Waals surface area contributed by atoms with Gasteiger partial charge < -0.3 is 15.6 Å². The number of aliphatic imine (C=N–C) groups is 2. The molecule has 27 heavy (non-hydrogen) atoms. The molecule has 0 saturated heterocycles. The molecule has 2 aromatic rings. The van der Waals surface area contributed by atoms with Crippen LogP contribution in [0.4, 0.5) is 10.5 Å². The molecule has 1 aromatic carbocycles. The molecular formula is C20H17N5OS. The van der Waals surface area contributed by atoms with Crippen molar-refractivity contribution in [3.63, 3.8) is 0 Å². The second-order valence-corrected chi connectivity index (χ2v) is 6.84. The number of anilines is 1. The van der Waals surface area contributed by atoms with Crippen LogP contribution in [0.5, 0.6) is 0 Å². The van der Waals surface area contributed by atoms with Gasteiger partial charge in [0.15, 0.2) is 0 Å². The van der Waals surface area contributed by atoms with Gasteiger partial charge in [0.2, 0.25) is 0 Å². The highest BCUT2D eigenvalue weighted by Gasteiger charge is 2.23. The Kier molecular flexibility index (Phi) is 4.76. The zero-order valence-corrected chi connectivity index (χ0v) is 15.4. The summed E-state index contributed by atoms with van der Waals surface area (Å²) in [4.78, 5) is 26.0. The van der Waals surface area contributed by atoms with Crippen molar-refractivity contribution in [3.05, 3.63) is 77.9 Å². The number of amides is 2. The Balaban J connectivity index is 1.76. The first-order valence-electron chi connectivity index (χ1n) is 8.39. The lowest BCUT2D eigenvalue weighted by Gasteiger charge is -2.10. The normalized spacial score (nSPS) is 17.4. The van der Waals surface area contributed by atoms with Gasteiger partial charge in [-0.25, -0.2) is 4.79 Å². The molecule has 0 unspecified atom stereocenters. The Morgan fingerprint density at radius 2 is 2.04 bits per heavy atom. The second kappa shape index (κ2) is 7.51. The Morgan fingerprint density at radius 1 is 1.19 bits per heavy atom. The Hall–Kier alpha value is -3.32. The standard InChI is InChI=1S/C20H17N5OS/c1-21-20(26)25-16-12-24-18(19(16)27-13-6-3-2-4-7-13)17-14(9-11-23-17)15-8-5-10-22-15/h2-12,24H,1H3,(H2,21,25,26). The molecule has 2 amide bonds. The summed E-state index contributed by atoms with van der Waals surface area (Å²) in [5.74, 6) is 0. The van der Waals surface area contributed by atoms with Gasteiger partial charge in [0.25, 0.3) is 0 Å². The predicted molar refractivity (Wildman–Crippen MR) is 110 cm³/mol. The van der Waals surface area contributed by atoms with Crippen LogP contribution in [0.3, 0.4) is 0 Å². The molecule has 0 spiro atoms. The van der Waals surface area contributed by atoms with Crippen molar-refractivity contribution in [1.82, 2.24) is 10.3 Å². The number of carbonyl (C=O) groups excluding carboxylic acids is 1. The summed E-state index contributed by atoms with van der Waals surface area (Å²) in [6, 6.07) is 9.74. The fourth-order valence-electron chi connectivity index (χ4n) is 2.78. The molecule has 4 rings (SSSR count). The number of nitrogens with zero attached hydrogens (tertiary/aromatic N) is 2. The Morgan fingerprint density at radius 3 is 2.78 bits per heavy atom. The lowest BCUT2D eigenvalue weighted by molar-refractivity contribution is 0.254. The van der Waals surface area contributed by atoms with Crippen LogP contribution in [-0.4, -0.2) is 30.0 Å². The molecule has 0 saturated carbocycles. The van der Waals surface area contributed by atoms with E-state index in [1.165, 1.54) is 0 Å². The second-order valence-electron chi connectivity index (χ2n) is 5.76. The van der Waals surface area contributed by atoms with Crippen LogP contribution in [0.15, 0.2) is 92.0 Å². The molecule has 7 heteroatoms. The van der Waals surface area contributed by atoms with Crippen LogP contribution in [0.2, 0.25) is 0 Å². The summed E-state index contributed by atoms with van der Waals surface area (Å²) in [7, 11) is 1.59. The van der Waals surface area contributed by atoms with Gasteiger partial charge in [-0.2, -0.15) is 0 Å². The number of rotatable bonds is 4. The highest BCUT2D eigenvalue weighted by Crippen LogP contribution is 2.38. The number of aromatic nitrogens is 1. The topological polar surface area (TPSA) is 81.6 Å². The maximum Gasteiger partial charge on any atom is 0.319 e. The minimum Gasteiger partial charge on any atom is -0.357 e. The lowest BCUT2D eigenvalue weighted by atomic mass is 10.1. The first kappa shape index (κ1) is 17.1. The van der Waals surface area contributed by atoms with E-state index in [-0.39, 0.29) is 6.03 Å². The monoisotopic (exact) mass is 375 g/mol. The van der Waals surface area contributed by atoms with Crippen LogP contribution in [0.25, 0.3) is 0 Å². The highest BCUT2D eigenvalue weighted by atomic mass is 32.2. The number of urea groups is 1. The highest BCUT2D eigenvalue weighted by molar-refractivity contribution is 7.99. The quantitative estimate of drug-likeness (QED) is 0.751. The van der Waals surface area contributed by atoms with Gasteiger partial charge in [-0.15, -0.1) is 0 Å². The molecule has 2 aliphatic rings. The van der Waals surface area contributed by atoms with Crippen molar-refractivity contribution in [2.24, 2.45) is 9.98 Å². The first-order chi connectivity index (χ1) is 13.3. The molecule has 0 atom stereocenters. The molecule has 3 heterocycles. The molecule has 0 bridgehead atoms. The minimum absolute atomic E-state index is 0.274. The molecule has 134 valence electrons.